The van der Waals surface area contributed by atoms with Crippen LogP contribution in [0.3, 0.4) is 0 Å². The van der Waals surface area contributed by atoms with Gasteiger partial charge in [-0.25, -0.2) is 4.98 Å². The molecule has 2 heterocycles. The van der Waals surface area contributed by atoms with Crippen LogP contribution in [0.4, 0.5) is 5.95 Å². The smallest absolute Gasteiger partial charge is 0.201 e. The van der Waals surface area contributed by atoms with Crippen molar-refractivity contribution in [3.63, 3.8) is 0 Å². The van der Waals surface area contributed by atoms with Crippen molar-refractivity contribution in [2.24, 2.45) is 0 Å². The Morgan fingerprint density at radius 2 is 2.10 bits per heavy atom. The number of nitrogen functional groups attached to an aromatic ring is 1. The van der Waals surface area contributed by atoms with E-state index in [4.69, 9.17) is 17.3 Å². The summed E-state index contributed by atoms with van der Waals surface area (Å²) in [4.78, 5) is 5.72. The number of anilines is 1. The van der Waals surface area contributed by atoms with Crippen LogP contribution in [0.25, 0.3) is 11.0 Å². The van der Waals surface area contributed by atoms with Gasteiger partial charge in [0.2, 0.25) is 5.95 Å². The van der Waals surface area contributed by atoms with Crippen molar-refractivity contribution in [1.82, 2.24) is 9.55 Å². The monoisotopic (exact) mass is 305 g/mol. The molecule has 0 aliphatic rings. The highest BCUT2D eigenvalue weighted by molar-refractivity contribution is 7.10. The van der Waals surface area contributed by atoms with Crippen molar-refractivity contribution < 1.29 is 0 Å². The normalized spacial score (nSPS) is 12.2. The van der Waals surface area contributed by atoms with E-state index in [1.165, 1.54) is 4.88 Å². The van der Waals surface area contributed by atoms with Gasteiger partial charge < -0.3 is 10.3 Å². The highest BCUT2D eigenvalue weighted by Gasteiger charge is 2.24. The number of nitrogens with two attached hydrogens (primary N) is 1. The van der Waals surface area contributed by atoms with Crippen LogP contribution in [-0.4, -0.2) is 9.55 Å². The van der Waals surface area contributed by atoms with Crippen LogP contribution in [0.15, 0.2) is 35.7 Å². The molecule has 2 aromatic heterocycles. The molecule has 3 rings (SSSR count). The summed E-state index contributed by atoms with van der Waals surface area (Å²) in [6, 6.07) is 10.0. The maximum Gasteiger partial charge on any atom is 0.201 e. The maximum atomic E-state index is 6.18. The SMILES string of the molecule is CC(C)(Cn1c(N)nc2c(Cl)cccc21)c1cccs1. The Hall–Kier alpha value is -1.52. The summed E-state index contributed by atoms with van der Waals surface area (Å²) < 4.78 is 2.04. The molecule has 0 saturated heterocycles. The molecule has 20 heavy (non-hydrogen) atoms. The number of rotatable bonds is 3. The molecule has 5 heteroatoms. The zero-order chi connectivity index (χ0) is 14.3. The third kappa shape index (κ3) is 2.19. The largest absolute Gasteiger partial charge is 0.369 e. The van der Waals surface area contributed by atoms with Crippen molar-refractivity contribution in [3.05, 3.63) is 45.6 Å². The summed E-state index contributed by atoms with van der Waals surface area (Å²) in [6.07, 6.45) is 0. The lowest BCUT2D eigenvalue weighted by molar-refractivity contribution is 0.453. The van der Waals surface area contributed by atoms with E-state index in [2.05, 4.69) is 36.3 Å². The minimum Gasteiger partial charge on any atom is -0.369 e. The van der Waals surface area contributed by atoms with Crippen LogP contribution in [0.2, 0.25) is 5.02 Å². The molecule has 0 fully saturated rings. The van der Waals surface area contributed by atoms with E-state index in [9.17, 15) is 0 Å². The first kappa shape index (κ1) is 13.5. The number of hydrogen-bond donors (Lipinski definition) is 1. The molecular formula is C15H16ClN3S. The fourth-order valence-electron chi connectivity index (χ4n) is 2.43. The fourth-order valence-corrected chi connectivity index (χ4v) is 3.49. The molecule has 3 nitrogen and oxygen atoms in total. The topological polar surface area (TPSA) is 43.8 Å². The van der Waals surface area contributed by atoms with Gasteiger partial charge in [0.25, 0.3) is 0 Å². The zero-order valence-electron chi connectivity index (χ0n) is 11.4. The highest BCUT2D eigenvalue weighted by atomic mass is 35.5. The van der Waals surface area contributed by atoms with Crippen LogP contribution in [0.1, 0.15) is 18.7 Å². The van der Waals surface area contributed by atoms with E-state index in [0.717, 1.165) is 17.6 Å². The van der Waals surface area contributed by atoms with Crippen molar-refractivity contribution in [2.75, 3.05) is 5.73 Å². The predicted molar refractivity (Wildman–Crippen MR) is 86.5 cm³/mol. The van der Waals surface area contributed by atoms with E-state index >= 15 is 0 Å². The second-order valence-electron chi connectivity index (χ2n) is 5.52. The van der Waals surface area contributed by atoms with E-state index in [1.54, 1.807) is 11.3 Å². The van der Waals surface area contributed by atoms with Crippen molar-refractivity contribution in [3.8, 4) is 0 Å². The molecule has 0 amide bonds. The second kappa shape index (κ2) is 4.79. The molecule has 0 aliphatic carbocycles. The first-order chi connectivity index (χ1) is 9.49. The molecular weight excluding hydrogens is 290 g/mol. The lowest BCUT2D eigenvalue weighted by Crippen LogP contribution is -2.24. The van der Waals surface area contributed by atoms with E-state index in [0.29, 0.717) is 11.0 Å². The number of hydrogen-bond acceptors (Lipinski definition) is 3. The molecule has 1 aromatic carbocycles. The third-order valence-electron chi connectivity index (χ3n) is 3.50. The summed E-state index contributed by atoms with van der Waals surface area (Å²) >= 11 is 7.95. The van der Waals surface area contributed by atoms with Gasteiger partial charge in [-0.2, -0.15) is 0 Å². The summed E-state index contributed by atoms with van der Waals surface area (Å²) in [5.41, 5.74) is 7.84. The third-order valence-corrected chi connectivity index (χ3v) is 5.04. The van der Waals surface area contributed by atoms with Crippen LogP contribution in [0, 0.1) is 0 Å². The maximum absolute atomic E-state index is 6.18. The van der Waals surface area contributed by atoms with E-state index in [-0.39, 0.29) is 5.41 Å². The minimum atomic E-state index is -0.00175. The fraction of sp³-hybridized carbons (Fsp3) is 0.267. The Morgan fingerprint density at radius 1 is 1.30 bits per heavy atom. The summed E-state index contributed by atoms with van der Waals surface area (Å²) in [5, 5.41) is 2.74. The number of imidazole rings is 1. The number of fused-ring (bicyclic) bond motifs is 1. The molecule has 0 unspecified atom stereocenters. The summed E-state index contributed by atoms with van der Waals surface area (Å²) in [7, 11) is 0. The van der Waals surface area contributed by atoms with Gasteiger partial charge in [0, 0.05) is 16.8 Å². The van der Waals surface area contributed by atoms with Gasteiger partial charge in [-0.15, -0.1) is 11.3 Å². The molecule has 0 aliphatic heterocycles. The average molecular weight is 306 g/mol. The van der Waals surface area contributed by atoms with Crippen LogP contribution in [-0.2, 0) is 12.0 Å². The molecule has 3 aromatic rings. The number of para-hydroxylation sites is 1. The van der Waals surface area contributed by atoms with Crippen molar-refractivity contribution >= 4 is 39.9 Å². The summed E-state index contributed by atoms with van der Waals surface area (Å²) in [6.45, 7) is 5.21. The predicted octanol–water partition coefficient (Wildman–Crippen LogP) is 4.31. The van der Waals surface area contributed by atoms with Crippen LogP contribution >= 0.6 is 22.9 Å². The van der Waals surface area contributed by atoms with Gasteiger partial charge >= 0.3 is 0 Å². The Bertz CT molecular complexity index is 744. The summed E-state index contributed by atoms with van der Waals surface area (Å²) in [5.74, 6) is 0.512. The minimum absolute atomic E-state index is 0.00175. The lowest BCUT2D eigenvalue weighted by Gasteiger charge is -2.24. The molecule has 0 radical (unpaired) electrons. The number of thiophene rings is 1. The van der Waals surface area contributed by atoms with Gasteiger partial charge in [-0.1, -0.05) is 37.6 Å². The second-order valence-corrected chi connectivity index (χ2v) is 6.88. The number of nitrogens with zero attached hydrogens (tertiary/aromatic N) is 2. The number of halogens is 1. The van der Waals surface area contributed by atoms with Gasteiger partial charge in [-0.05, 0) is 23.6 Å². The lowest BCUT2D eigenvalue weighted by atomic mass is 9.91. The molecule has 0 atom stereocenters. The molecule has 0 bridgehead atoms. The van der Waals surface area contributed by atoms with Crippen molar-refractivity contribution in [2.45, 2.75) is 25.8 Å². The molecule has 104 valence electrons. The zero-order valence-corrected chi connectivity index (χ0v) is 13.0. The van der Waals surface area contributed by atoms with Crippen LogP contribution < -0.4 is 5.73 Å². The van der Waals surface area contributed by atoms with Crippen LogP contribution in [0.5, 0.6) is 0 Å². The Labute approximate surface area is 127 Å². The van der Waals surface area contributed by atoms with Crippen molar-refractivity contribution in [1.29, 1.82) is 0 Å². The number of aromatic nitrogens is 2. The Kier molecular flexibility index (Phi) is 3.22. The molecule has 0 saturated carbocycles. The Morgan fingerprint density at radius 3 is 2.80 bits per heavy atom. The highest BCUT2D eigenvalue weighted by Crippen LogP contribution is 2.32. The van der Waals surface area contributed by atoms with E-state index < -0.39 is 0 Å². The van der Waals surface area contributed by atoms with E-state index in [1.807, 2.05) is 22.8 Å². The number of benzene rings is 1. The van der Waals surface area contributed by atoms with Gasteiger partial charge in [-0.3, -0.25) is 0 Å². The first-order valence-corrected chi connectivity index (χ1v) is 7.69. The van der Waals surface area contributed by atoms with Gasteiger partial charge in [0.05, 0.1) is 10.5 Å². The van der Waals surface area contributed by atoms with Gasteiger partial charge in [0.15, 0.2) is 0 Å². The quantitative estimate of drug-likeness (QED) is 0.783. The van der Waals surface area contributed by atoms with Gasteiger partial charge in [0.1, 0.15) is 5.52 Å². The molecule has 0 spiro atoms. The molecule has 2 N–H and O–H groups in total. The standard InChI is InChI=1S/C15H16ClN3S/c1-15(2,12-7-4-8-20-12)9-19-11-6-3-5-10(16)13(11)18-14(19)17/h3-8H,9H2,1-2H3,(H2,17,18). The first-order valence-electron chi connectivity index (χ1n) is 6.43. The Balaban J connectivity index is 2.07. The average Bonchev–Trinajstić information content (AvgIpc) is 3.01.